The molecule has 32 heavy (non-hydrogen) atoms. The number of fused-ring (bicyclic) bond motifs is 3. The van der Waals surface area contributed by atoms with Crippen molar-refractivity contribution in [1.82, 2.24) is 24.5 Å². The van der Waals surface area contributed by atoms with Gasteiger partial charge in [-0.2, -0.15) is 0 Å². The van der Waals surface area contributed by atoms with Gasteiger partial charge in [0.15, 0.2) is 0 Å². The molecule has 3 aromatic heterocycles. The average Bonchev–Trinajstić information content (AvgIpc) is 3.44. The number of para-hydroxylation sites is 1. The number of unbranched alkanes of at least 4 members (excludes halogenated alkanes) is 1. The van der Waals surface area contributed by atoms with Crippen molar-refractivity contribution in [3.05, 3.63) is 57.5 Å². The molecule has 1 aromatic carbocycles. The minimum absolute atomic E-state index is 0.0272. The predicted octanol–water partition coefficient (Wildman–Crippen LogP) is 3.55. The van der Waals surface area contributed by atoms with Gasteiger partial charge in [0.2, 0.25) is 11.7 Å². The van der Waals surface area contributed by atoms with Crippen LogP contribution in [0.1, 0.15) is 44.5 Å². The van der Waals surface area contributed by atoms with Crippen LogP contribution in [0, 0.1) is 0 Å². The highest BCUT2D eigenvalue weighted by Gasteiger charge is 2.18. The van der Waals surface area contributed by atoms with E-state index in [1.54, 1.807) is 4.57 Å². The number of ether oxygens (including phenoxy) is 1. The summed E-state index contributed by atoms with van der Waals surface area (Å²) in [5, 5.41) is 13.5. The van der Waals surface area contributed by atoms with E-state index in [0.717, 1.165) is 29.7 Å². The lowest BCUT2D eigenvalue weighted by Gasteiger charge is -2.11. The standard InChI is InChI=1S/C23H27N5O3S/c1-3-5-13-27-22(30)21-17(12-14-32-21)28-19(25-26-23(27)28)10-11-20(29)24-15-16-8-6-7-9-18(16)31-4-2/h6-9,12,14H,3-5,10-11,13,15H2,1-2H3,(H,24,29). The van der Waals surface area contributed by atoms with Gasteiger partial charge in [0.05, 0.1) is 12.1 Å². The van der Waals surface area contributed by atoms with E-state index in [1.165, 1.54) is 11.3 Å². The van der Waals surface area contributed by atoms with Crippen LogP contribution in [0.4, 0.5) is 0 Å². The summed E-state index contributed by atoms with van der Waals surface area (Å²) in [4.78, 5) is 25.4. The van der Waals surface area contributed by atoms with Crippen molar-refractivity contribution in [2.75, 3.05) is 6.61 Å². The van der Waals surface area contributed by atoms with E-state index in [4.69, 9.17) is 4.74 Å². The first-order valence-electron chi connectivity index (χ1n) is 11.0. The monoisotopic (exact) mass is 453 g/mol. The molecule has 0 aliphatic heterocycles. The topological polar surface area (TPSA) is 90.5 Å². The van der Waals surface area contributed by atoms with E-state index >= 15 is 0 Å². The van der Waals surface area contributed by atoms with Crippen LogP contribution in [-0.2, 0) is 24.3 Å². The molecule has 0 aliphatic rings. The lowest BCUT2D eigenvalue weighted by molar-refractivity contribution is -0.121. The third-order valence-electron chi connectivity index (χ3n) is 5.34. The summed E-state index contributed by atoms with van der Waals surface area (Å²) in [6.45, 7) is 5.60. The van der Waals surface area contributed by atoms with Crippen LogP contribution in [0.3, 0.4) is 0 Å². The molecule has 0 atom stereocenters. The number of benzene rings is 1. The molecular formula is C23H27N5O3S. The molecule has 4 aromatic rings. The maximum absolute atomic E-state index is 12.9. The summed E-state index contributed by atoms with van der Waals surface area (Å²) in [5.74, 6) is 1.92. The Morgan fingerprint density at radius 3 is 2.84 bits per heavy atom. The third-order valence-corrected chi connectivity index (χ3v) is 6.23. The molecule has 0 fully saturated rings. The number of nitrogens with zero attached hydrogens (tertiary/aromatic N) is 4. The van der Waals surface area contributed by atoms with Crippen molar-refractivity contribution in [1.29, 1.82) is 0 Å². The van der Waals surface area contributed by atoms with Gasteiger partial charge in [-0.15, -0.1) is 21.5 Å². The van der Waals surface area contributed by atoms with Gasteiger partial charge in [0.25, 0.3) is 5.56 Å². The van der Waals surface area contributed by atoms with Crippen LogP contribution in [0.15, 0.2) is 40.5 Å². The highest BCUT2D eigenvalue weighted by atomic mass is 32.1. The van der Waals surface area contributed by atoms with E-state index in [0.29, 0.717) is 42.4 Å². The Morgan fingerprint density at radius 2 is 2.03 bits per heavy atom. The molecule has 8 nitrogen and oxygen atoms in total. The van der Waals surface area contributed by atoms with Gasteiger partial charge in [-0.05, 0) is 30.9 Å². The van der Waals surface area contributed by atoms with Crippen LogP contribution in [0.5, 0.6) is 5.75 Å². The molecule has 0 bridgehead atoms. The highest BCUT2D eigenvalue weighted by Crippen LogP contribution is 2.21. The fourth-order valence-electron chi connectivity index (χ4n) is 3.71. The highest BCUT2D eigenvalue weighted by molar-refractivity contribution is 7.17. The second-order valence-electron chi connectivity index (χ2n) is 7.51. The van der Waals surface area contributed by atoms with Gasteiger partial charge >= 0.3 is 0 Å². The number of aromatic nitrogens is 4. The smallest absolute Gasteiger partial charge is 0.272 e. The number of amides is 1. The first kappa shape index (κ1) is 22.0. The molecule has 1 N–H and O–H groups in total. The van der Waals surface area contributed by atoms with Gasteiger partial charge in [-0.3, -0.25) is 18.6 Å². The summed E-state index contributed by atoms with van der Waals surface area (Å²) >= 11 is 1.42. The van der Waals surface area contributed by atoms with E-state index in [9.17, 15) is 9.59 Å². The van der Waals surface area contributed by atoms with Gasteiger partial charge in [-0.25, -0.2) is 0 Å². The van der Waals surface area contributed by atoms with Crippen LogP contribution in [0.25, 0.3) is 16.0 Å². The number of hydrogen-bond donors (Lipinski definition) is 1. The van der Waals surface area contributed by atoms with Crippen molar-refractivity contribution >= 4 is 33.2 Å². The Labute approximate surface area is 189 Å². The molecule has 0 saturated carbocycles. The Kier molecular flexibility index (Phi) is 6.84. The SMILES string of the molecule is CCCCn1c(=O)c2sccc2n2c(CCC(=O)NCc3ccccc3OCC)nnc12. The van der Waals surface area contributed by atoms with E-state index in [-0.39, 0.29) is 17.9 Å². The van der Waals surface area contributed by atoms with Crippen LogP contribution >= 0.6 is 11.3 Å². The number of thiophene rings is 1. The largest absolute Gasteiger partial charge is 0.494 e. The first-order chi connectivity index (χ1) is 15.6. The molecule has 0 radical (unpaired) electrons. The quantitative estimate of drug-likeness (QED) is 0.397. The van der Waals surface area contributed by atoms with Crippen LogP contribution < -0.4 is 15.6 Å². The number of nitrogens with one attached hydrogen (secondary N) is 1. The summed E-state index contributed by atoms with van der Waals surface area (Å²) < 4.78 is 9.92. The minimum Gasteiger partial charge on any atom is -0.494 e. The summed E-state index contributed by atoms with van der Waals surface area (Å²) in [6, 6.07) is 9.60. The van der Waals surface area contributed by atoms with Crippen molar-refractivity contribution in [3.63, 3.8) is 0 Å². The molecule has 0 unspecified atom stereocenters. The number of aryl methyl sites for hydroxylation is 2. The second-order valence-corrected chi connectivity index (χ2v) is 8.43. The number of carbonyl (C=O) groups is 1. The molecule has 0 saturated heterocycles. The zero-order valence-corrected chi connectivity index (χ0v) is 19.2. The molecule has 168 valence electrons. The second kappa shape index (κ2) is 9.95. The van der Waals surface area contributed by atoms with Crippen molar-refractivity contribution in [2.24, 2.45) is 0 Å². The minimum atomic E-state index is -0.0751. The van der Waals surface area contributed by atoms with E-state index in [2.05, 4.69) is 22.4 Å². The number of carbonyl (C=O) groups excluding carboxylic acids is 1. The molecule has 1 amide bonds. The van der Waals surface area contributed by atoms with Gasteiger partial charge < -0.3 is 10.1 Å². The van der Waals surface area contributed by atoms with Crippen LogP contribution in [0.2, 0.25) is 0 Å². The Hall–Kier alpha value is -3.20. The molecule has 4 rings (SSSR count). The van der Waals surface area contributed by atoms with Crippen molar-refractivity contribution < 1.29 is 9.53 Å². The fourth-order valence-corrected chi connectivity index (χ4v) is 4.54. The fraction of sp³-hybridized carbons (Fsp3) is 0.391. The Morgan fingerprint density at radius 1 is 1.19 bits per heavy atom. The van der Waals surface area contributed by atoms with E-state index in [1.807, 2.05) is 47.0 Å². The molecule has 9 heteroatoms. The first-order valence-corrected chi connectivity index (χ1v) is 11.8. The lowest BCUT2D eigenvalue weighted by Crippen LogP contribution is -2.24. The number of rotatable bonds is 10. The zero-order chi connectivity index (χ0) is 22.5. The van der Waals surface area contributed by atoms with Crippen LogP contribution in [-0.4, -0.2) is 31.7 Å². The maximum Gasteiger partial charge on any atom is 0.272 e. The van der Waals surface area contributed by atoms with Crippen molar-refractivity contribution in [3.8, 4) is 5.75 Å². The maximum atomic E-state index is 12.9. The number of hydrogen-bond acceptors (Lipinski definition) is 6. The Bertz CT molecular complexity index is 1290. The summed E-state index contributed by atoms with van der Waals surface area (Å²) in [5.41, 5.74) is 1.71. The molecule has 0 aliphatic carbocycles. The summed E-state index contributed by atoms with van der Waals surface area (Å²) in [7, 11) is 0. The third kappa shape index (κ3) is 4.38. The van der Waals surface area contributed by atoms with Gasteiger partial charge in [-0.1, -0.05) is 31.5 Å². The summed E-state index contributed by atoms with van der Waals surface area (Å²) in [6.07, 6.45) is 2.57. The average molecular weight is 454 g/mol. The lowest BCUT2D eigenvalue weighted by atomic mass is 10.2. The van der Waals surface area contributed by atoms with Gasteiger partial charge in [0, 0.05) is 31.5 Å². The normalized spacial score (nSPS) is 11.3. The molecular weight excluding hydrogens is 426 g/mol. The zero-order valence-electron chi connectivity index (χ0n) is 18.3. The molecule has 3 heterocycles. The predicted molar refractivity (Wildman–Crippen MR) is 125 cm³/mol. The Balaban J connectivity index is 1.51. The van der Waals surface area contributed by atoms with E-state index < -0.39 is 0 Å². The van der Waals surface area contributed by atoms with Crippen molar-refractivity contribution in [2.45, 2.75) is 52.6 Å². The molecule has 0 spiro atoms. The van der Waals surface area contributed by atoms with Gasteiger partial charge in [0.1, 0.15) is 16.3 Å².